The minimum absolute atomic E-state index is 0.400. The molecule has 0 unspecified atom stereocenters. The van der Waals surface area contributed by atoms with Crippen LogP contribution >= 0.6 is 0 Å². The number of hydrogen-bond acceptors (Lipinski definition) is 5. The lowest BCUT2D eigenvalue weighted by Gasteiger charge is -2.22. The minimum atomic E-state index is 0.400. The Hall–Kier alpha value is -1.10. The predicted molar refractivity (Wildman–Crippen MR) is 62.1 cm³/mol. The Morgan fingerprint density at radius 3 is 2.75 bits per heavy atom. The van der Waals surface area contributed by atoms with Crippen molar-refractivity contribution in [1.82, 2.24) is 15.5 Å². The first-order valence-corrected chi connectivity index (χ1v) is 5.93. The van der Waals surface area contributed by atoms with Crippen molar-refractivity contribution in [3.8, 4) is 0 Å². The molecule has 2 rings (SSSR count). The molecular weight excluding hydrogens is 204 g/mol. The van der Waals surface area contributed by atoms with Crippen molar-refractivity contribution in [3.63, 3.8) is 0 Å². The lowest BCUT2D eigenvalue weighted by molar-refractivity contribution is 0.356. The topological polar surface area (TPSA) is 63.0 Å². The lowest BCUT2D eigenvalue weighted by atomic mass is 9.89. The number of nitrogens with one attached hydrogen (secondary N) is 2. The van der Waals surface area contributed by atoms with Crippen LogP contribution in [0, 0.1) is 5.41 Å². The Kier molecular flexibility index (Phi) is 3.43. The molecule has 1 fully saturated rings. The van der Waals surface area contributed by atoms with Gasteiger partial charge < -0.3 is 15.1 Å². The van der Waals surface area contributed by atoms with Crippen LogP contribution in [0.25, 0.3) is 0 Å². The van der Waals surface area contributed by atoms with Gasteiger partial charge in [-0.25, -0.2) is 0 Å². The molecule has 0 atom stereocenters. The highest BCUT2D eigenvalue weighted by Crippen LogP contribution is 2.37. The van der Waals surface area contributed by atoms with Gasteiger partial charge in [0.1, 0.15) is 0 Å². The van der Waals surface area contributed by atoms with E-state index in [-0.39, 0.29) is 0 Å². The maximum absolute atomic E-state index is 5.43. The summed E-state index contributed by atoms with van der Waals surface area (Å²) in [5.41, 5.74) is 0.400. The van der Waals surface area contributed by atoms with Gasteiger partial charge in [-0.3, -0.25) is 0 Å². The lowest BCUT2D eigenvalue weighted by Crippen LogP contribution is -2.23. The van der Waals surface area contributed by atoms with Crippen LogP contribution in [-0.4, -0.2) is 23.8 Å². The van der Waals surface area contributed by atoms with Crippen molar-refractivity contribution in [2.45, 2.75) is 39.2 Å². The summed E-state index contributed by atoms with van der Waals surface area (Å²) in [6.07, 6.45) is 5.26. The maximum Gasteiger partial charge on any atom is 0.315 e. The number of rotatable bonds is 5. The summed E-state index contributed by atoms with van der Waals surface area (Å²) in [6.45, 7) is 3.86. The van der Waals surface area contributed by atoms with E-state index >= 15 is 0 Å². The molecular formula is C11H20N4O. The van der Waals surface area contributed by atoms with Crippen LogP contribution in [0.15, 0.2) is 4.42 Å². The van der Waals surface area contributed by atoms with Crippen LogP contribution in [0.5, 0.6) is 0 Å². The zero-order chi connectivity index (χ0) is 11.4. The Bertz CT molecular complexity index is 330. The summed E-state index contributed by atoms with van der Waals surface area (Å²) in [4.78, 5) is 0. The molecule has 16 heavy (non-hydrogen) atoms. The summed E-state index contributed by atoms with van der Waals surface area (Å²) >= 11 is 0. The van der Waals surface area contributed by atoms with E-state index < -0.39 is 0 Å². The first-order chi connectivity index (χ1) is 7.72. The summed E-state index contributed by atoms with van der Waals surface area (Å²) in [6, 6.07) is 0.540. The van der Waals surface area contributed by atoms with Gasteiger partial charge in [-0.05, 0) is 25.3 Å². The standard InChI is InChI=1S/C11H20N4O/c1-11(5-3-4-6-11)8-13-10-15-14-9(16-10)7-12-2/h12H,3-8H2,1-2H3,(H,13,15). The molecule has 0 aliphatic heterocycles. The predicted octanol–water partition coefficient (Wildman–Crippen LogP) is 1.78. The molecule has 0 saturated heterocycles. The minimum Gasteiger partial charge on any atom is -0.407 e. The first-order valence-electron chi connectivity index (χ1n) is 5.93. The fourth-order valence-corrected chi connectivity index (χ4v) is 2.24. The van der Waals surface area contributed by atoms with Gasteiger partial charge in [0.25, 0.3) is 0 Å². The van der Waals surface area contributed by atoms with E-state index in [1.54, 1.807) is 0 Å². The van der Waals surface area contributed by atoms with E-state index in [0.29, 0.717) is 23.9 Å². The second kappa shape index (κ2) is 4.82. The summed E-state index contributed by atoms with van der Waals surface area (Å²) in [5.74, 6) is 0.626. The number of hydrogen-bond donors (Lipinski definition) is 2. The molecule has 1 aliphatic carbocycles. The summed E-state index contributed by atoms with van der Waals surface area (Å²) < 4.78 is 5.43. The molecule has 0 aromatic carbocycles. The second-order valence-corrected chi connectivity index (χ2v) is 4.90. The average Bonchev–Trinajstić information content (AvgIpc) is 2.86. The Morgan fingerprint density at radius 2 is 2.06 bits per heavy atom. The van der Waals surface area contributed by atoms with Crippen LogP contribution in [0.2, 0.25) is 0 Å². The van der Waals surface area contributed by atoms with Crippen molar-refractivity contribution in [2.24, 2.45) is 5.41 Å². The molecule has 5 nitrogen and oxygen atoms in total. The smallest absolute Gasteiger partial charge is 0.315 e. The average molecular weight is 224 g/mol. The van der Waals surface area contributed by atoms with E-state index in [0.717, 1.165) is 6.54 Å². The normalized spacial score (nSPS) is 18.9. The molecule has 2 N–H and O–H groups in total. The molecule has 1 aliphatic rings. The molecule has 1 aromatic rings. The van der Waals surface area contributed by atoms with Gasteiger partial charge in [-0.1, -0.05) is 24.9 Å². The van der Waals surface area contributed by atoms with Gasteiger partial charge >= 0.3 is 6.01 Å². The van der Waals surface area contributed by atoms with Gasteiger partial charge in [0.2, 0.25) is 5.89 Å². The quantitative estimate of drug-likeness (QED) is 0.798. The molecule has 0 amide bonds. The van der Waals surface area contributed by atoms with Crippen LogP contribution < -0.4 is 10.6 Å². The third-order valence-corrected chi connectivity index (χ3v) is 3.27. The third kappa shape index (κ3) is 2.72. The van der Waals surface area contributed by atoms with Crippen molar-refractivity contribution < 1.29 is 4.42 Å². The first kappa shape index (κ1) is 11.4. The highest BCUT2D eigenvalue weighted by molar-refractivity contribution is 5.18. The summed E-state index contributed by atoms with van der Waals surface area (Å²) in [7, 11) is 1.86. The fourth-order valence-electron chi connectivity index (χ4n) is 2.24. The van der Waals surface area contributed by atoms with Gasteiger partial charge in [0, 0.05) is 6.54 Å². The van der Waals surface area contributed by atoms with Crippen LogP contribution in [0.3, 0.4) is 0 Å². The zero-order valence-electron chi connectivity index (χ0n) is 10.0. The monoisotopic (exact) mass is 224 g/mol. The van der Waals surface area contributed by atoms with Crippen molar-refractivity contribution in [3.05, 3.63) is 5.89 Å². The van der Waals surface area contributed by atoms with E-state index in [9.17, 15) is 0 Å². The molecule has 0 bridgehead atoms. The number of aromatic nitrogens is 2. The van der Waals surface area contributed by atoms with Crippen molar-refractivity contribution >= 4 is 6.01 Å². The van der Waals surface area contributed by atoms with Crippen LogP contribution in [-0.2, 0) is 6.54 Å². The Balaban J connectivity index is 1.84. The second-order valence-electron chi connectivity index (χ2n) is 4.90. The fraction of sp³-hybridized carbons (Fsp3) is 0.818. The Morgan fingerprint density at radius 1 is 1.31 bits per heavy atom. The van der Waals surface area contributed by atoms with Gasteiger partial charge in [0.15, 0.2) is 0 Å². The van der Waals surface area contributed by atoms with E-state index in [2.05, 4.69) is 27.8 Å². The van der Waals surface area contributed by atoms with E-state index in [4.69, 9.17) is 4.42 Å². The van der Waals surface area contributed by atoms with Crippen molar-refractivity contribution in [1.29, 1.82) is 0 Å². The zero-order valence-corrected chi connectivity index (χ0v) is 10.0. The molecule has 1 heterocycles. The van der Waals surface area contributed by atoms with Gasteiger partial charge in [-0.15, -0.1) is 5.10 Å². The number of nitrogens with zero attached hydrogens (tertiary/aromatic N) is 2. The van der Waals surface area contributed by atoms with E-state index in [1.807, 2.05) is 7.05 Å². The highest BCUT2D eigenvalue weighted by Gasteiger charge is 2.28. The van der Waals surface area contributed by atoms with Gasteiger partial charge in [0.05, 0.1) is 6.54 Å². The van der Waals surface area contributed by atoms with Crippen LogP contribution in [0.1, 0.15) is 38.5 Å². The molecule has 5 heteroatoms. The highest BCUT2D eigenvalue weighted by atomic mass is 16.4. The molecule has 90 valence electrons. The summed E-state index contributed by atoms with van der Waals surface area (Å²) in [5, 5.41) is 14.1. The molecule has 0 radical (unpaired) electrons. The molecule has 1 aromatic heterocycles. The Labute approximate surface area is 96.0 Å². The largest absolute Gasteiger partial charge is 0.407 e. The van der Waals surface area contributed by atoms with Crippen molar-refractivity contribution in [2.75, 3.05) is 18.9 Å². The third-order valence-electron chi connectivity index (χ3n) is 3.27. The SMILES string of the molecule is CNCc1nnc(NCC2(C)CCCC2)o1. The molecule has 1 saturated carbocycles. The molecule has 0 spiro atoms. The van der Waals surface area contributed by atoms with Crippen LogP contribution in [0.4, 0.5) is 6.01 Å². The number of anilines is 1. The van der Waals surface area contributed by atoms with Gasteiger partial charge in [-0.2, -0.15) is 0 Å². The maximum atomic E-state index is 5.43. The van der Waals surface area contributed by atoms with E-state index in [1.165, 1.54) is 25.7 Å².